The number of amides is 1. The SMILES string of the molecule is Cc1ccc2ncc(C(=O)NC3CCNCC3)c(=O)n2c1.Cl. The Morgan fingerprint density at radius 3 is 2.82 bits per heavy atom. The van der Waals surface area contributed by atoms with Gasteiger partial charge in [0.05, 0.1) is 0 Å². The summed E-state index contributed by atoms with van der Waals surface area (Å²) in [4.78, 5) is 28.9. The first-order chi connectivity index (χ1) is 10.1. The summed E-state index contributed by atoms with van der Waals surface area (Å²) < 4.78 is 1.42. The average Bonchev–Trinajstić information content (AvgIpc) is 2.49. The van der Waals surface area contributed by atoms with Crippen molar-refractivity contribution in [3.05, 3.63) is 46.0 Å². The molecule has 1 aliphatic heterocycles. The lowest BCUT2D eigenvalue weighted by atomic mass is 10.1. The number of halogens is 1. The van der Waals surface area contributed by atoms with Crippen LogP contribution < -0.4 is 16.2 Å². The van der Waals surface area contributed by atoms with E-state index < -0.39 is 0 Å². The van der Waals surface area contributed by atoms with E-state index in [1.54, 1.807) is 12.3 Å². The van der Waals surface area contributed by atoms with Gasteiger partial charge < -0.3 is 10.6 Å². The third-order valence-electron chi connectivity index (χ3n) is 3.77. The molecule has 118 valence electrons. The molecule has 1 amide bonds. The van der Waals surface area contributed by atoms with Gasteiger partial charge in [0.15, 0.2) is 0 Å². The van der Waals surface area contributed by atoms with Crippen LogP contribution in [-0.4, -0.2) is 34.4 Å². The second-order valence-electron chi connectivity index (χ2n) is 5.41. The molecule has 0 radical (unpaired) electrons. The number of carbonyl (C=O) groups is 1. The first kappa shape index (κ1) is 16.5. The molecule has 22 heavy (non-hydrogen) atoms. The molecule has 0 atom stereocenters. The van der Waals surface area contributed by atoms with Gasteiger partial charge in [-0.1, -0.05) is 6.07 Å². The van der Waals surface area contributed by atoms with Crippen LogP contribution in [0.1, 0.15) is 28.8 Å². The third-order valence-corrected chi connectivity index (χ3v) is 3.77. The van der Waals surface area contributed by atoms with Crippen molar-refractivity contribution in [2.45, 2.75) is 25.8 Å². The molecular formula is C15H19ClN4O2. The van der Waals surface area contributed by atoms with Crippen LogP contribution in [0.25, 0.3) is 5.65 Å². The van der Waals surface area contributed by atoms with E-state index in [1.807, 2.05) is 13.0 Å². The number of piperidine rings is 1. The second-order valence-corrected chi connectivity index (χ2v) is 5.41. The molecule has 1 fully saturated rings. The highest BCUT2D eigenvalue weighted by Crippen LogP contribution is 2.05. The maximum Gasteiger partial charge on any atom is 0.270 e. The fourth-order valence-corrected chi connectivity index (χ4v) is 2.57. The lowest BCUT2D eigenvalue weighted by molar-refractivity contribution is 0.0927. The molecule has 1 aliphatic rings. The molecule has 1 saturated heterocycles. The highest BCUT2D eigenvalue weighted by molar-refractivity contribution is 5.93. The minimum atomic E-state index is -0.338. The van der Waals surface area contributed by atoms with Gasteiger partial charge in [0.2, 0.25) is 0 Å². The van der Waals surface area contributed by atoms with Crippen molar-refractivity contribution in [2.75, 3.05) is 13.1 Å². The Hall–Kier alpha value is -1.92. The second kappa shape index (κ2) is 6.89. The quantitative estimate of drug-likeness (QED) is 0.861. The Morgan fingerprint density at radius 2 is 2.09 bits per heavy atom. The summed E-state index contributed by atoms with van der Waals surface area (Å²) in [7, 11) is 0. The molecule has 0 aromatic carbocycles. The van der Waals surface area contributed by atoms with E-state index in [4.69, 9.17) is 0 Å². The molecule has 2 aromatic heterocycles. The Balaban J connectivity index is 0.00000176. The van der Waals surface area contributed by atoms with Crippen LogP contribution in [0.5, 0.6) is 0 Å². The lowest BCUT2D eigenvalue weighted by Gasteiger charge is -2.23. The monoisotopic (exact) mass is 322 g/mol. The number of hydrogen-bond donors (Lipinski definition) is 2. The first-order valence-corrected chi connectivity index (χ1v) is 7.15. The molecular weight excluding hydrogens is 304 g/mol. The Kier molecular flexibility index (Phi) is 5.15. The largest absolute Gasteiger partial charge is 0.349 e. The zero-order chi connectivity index (χ0) is 14.8. The Labute approximate surface area is 134 Å². The molecule has 2 N–H and O–H groups in total. The lowest BCUT2D eigenvalue weighted by Crippen LogP contribution is -2.44. The van der Waals surface area contributed by atoms with Gasteiger partial charge in [-0.15, -0.1) is 12.4 Å². The number of fused-ring (bicyclic) bond motifs is 1. The molecule has 0 spiro atoms. The minimum Gasteiger partial charge on any atom is -0.349 e. The van der Waals surface area contributed by atoms with Crippen molar-refractivity contribution in [2.24, 2.45) is 0 Å². The summed E-state index contributed by atoms with van der Waals surface area (Å²) in [5.41, 5.74) is 1.26. The van der Waals surface area contributed by atoms with Gasteiger partial charge in [0.1, 0.15) is 11.2 Å². The summed E-state index contributed by atoms with van der Waals surface area (Å²) >= 11 is 0. The smallest absolute Gasteiger partial charge is 0.270 e. The normalized spacial score (nSPS) is 15.3. The summed E-state index contributed by atoms with van der Waals surface area (Å²) in [6.07, 6.45) is 4.83. The van der Waals surface area contributed by atoms with Gasteiger partial charge in [0, 0.05) is 18.4 Å². The third kappa shape index (κ3) is 3.28. The predicted molar refractivity (Wildman–Crippen MR) is 86.8 cm³/mol. The van der Waals surface area contributed by atoms with Crippen LogP contribution >= 0.6 is 12.4 Å². The van der Waals surface area contributed by atoms with Crippen LogP contribution in [0.2, 0.25) is 0 Å². The van der Waals surface area contributed by atoms with E-state index in [9.17, 15) is 9.59 Å². The fraction of sp³-hybridized carbons (Fsp3) is 0.400. The maximum atomic E-state index is 12.4. The number of nitrogens with zero attached hydrogens (tertiary/aromatic N) is 2. The number of rotatable bonds is 2. The first-order valence-electron chi connectivity index (χ1n) is 7.15. The van der Waals surface area contributed by atoms with Crippen molar-refractivity contribution >= 4 is 24.0 Å². The molecule has 0 saturated carbocycles. The van der Waals surface area contributed by atoms with Crippen molar-refractivity contribution < 1.29 is 4.79 Å². The number of pyridine rings is 1. The maximum absolute atomic E-state index is 12.4. The van der Waals surface area contributed by atoms with Gasteiger partial charge in [-0.25, -0.2) is 4.98 Å². The molecule has 0 unspecified atom stereocenters. The molecule has 6 nitrogen and oxygen atoms in total. The van der Waals surface area contributed by atoms with E-state index in [0.717, 1.165) is 31.5 Å². The number of aryl methyl sites for hydroxylation is 1. The van der Waals surface area contributed by atoms with E-state index >= 15 is 0 Å². The van der Waals surface area contributed by atoms with Gasteiger partial charge >= 0.3 is 0 Å². The number of aromatic nitrogens is 2. The molecule has 2 aromatic rings. The predicted octanol–water partition coefficient (Wildman–Crippen LogP) is 0.907. The molecule has 3 rings (SSSR count). The van der Waals surface area contributed by atoms with E-state index in [-0.39, 0.29) is 35.5 Å². The van der Waals surface area contributed by atoms with Crippen LogP contribution in [-0.2, 0) is 0 Å². The standard InChI is InChI=1S/C15H18N4O2.ClH/c1-10-2-3-13-17-8-12(15(21)19(13)9-10)14(20)18-11-4-6-16-7-5-11;/h2-3,8-9,11,16H,4-7H2,1H3,(H,18,20);1H. The number of hydrogen-bond acceptors (Lipinski definition) is 4. The topological polar surface area (TPSA) is 75.5 Å². The molecule has 0 bridgehead atoms. The molecule has 7 heteroatoms. The van der Waals surface area contributed by atoms with Crippen LogP contribution in [0.3, 0.4) is 0 Å². The van der Waals surface area contributed by atoms with E-state index in [0.29, 0.717) is 5.65 Å². The Bertz CT molecular complexity index is 738. The van der Waals surface area contributed by atoms with Crippen molar-refractivity contribution in [3.63, 3.8) is 0 Å². The van der Waals surface area contributed by atoms with Crippen LogP contribution in [0.4, 0.5) is 0 Å². The van der Waals surface area contributed by atoms with Crippen molar-refractivity contribution in [1.82, 2.24) is 20.0 Å². The Morgan fingerprint density at radius 1 is 1.36 bits per heavy atom. The van der Waals surface area contributed by atoms with Gasteiger partial charge in [-0.3, -0.25) is 14.0 Å². The molecule has 0 aliphatic carbocycles. The van der Waals surface area contributed by atoms with Crippen molar-refractivity contribution in [1.29, 1.82) is 0 Å². The van der Waals surface area contributed by atoms with E-state index in [1.165, 1.54) is 10.6 Å². The average molecular weight is 323 g/mol. The summed E-state index contributed by atoms with van der Waals surface area (Å²) in [5.74, 6) is -0.338. The summed E-state index contributed by atoms with van der Waals surface area (Å²) in [5, 5.41) is 6.16. The number of carbonyl (C=O) groups excluding carboxylic acids is 1. The highest BCUT2D eigenvalue weighted by atomic mass is 35.5. The summed E-state index contributed by atoms with van der Waals surface area (Å²) in [6, 6.07) is 3.78. The van der Waals surface area contributed by atoms with Gasteiger partial charge in [0.25, 0.3) is 11.5 Å². The zero-order valence-corrected chi connectivity index (χ0v) is 13.2. The molecule has 3 heterocycles. The van der Waals surface area contributed by atoms with E-state index in [2.05, 4.69) is 15.6 Å². The van der Waals surface area contributed by atoms with Crippen LogP contribution in [0, 0.1) is 6.92 Å². The summed E-state index contributed by atoms with van der Waals surface area (Å²) in [6.45, 7) is 3.67. The minimum absolute atomic E-state index is 0. The van der Waals surface area contributed by atoms with Crippen molar-refractivity contribution in [3.8, 4) is 0 Å². The van der Waals surface area contributed by atoms with Gasteiger partial charge in [-0.2, -0.15) is 0 Å². The number of nitrogens with one attached hydrogen (secondary N) is 2. The van der Waals surface area contributed by atoms with Crippen LogP contribution in [0.15, 0.2) is 29.3 Å². The zero-order valence-electron chi connectivity index (χ0n) is 12.3. The van der Waals surface area contributed by atoms with Gasteiger partial charge in [-0.05, 0) is 44.5 Å². The highest BCUT2D eigenvalue weighted by Gasteiger charge is 2.19. The fourth-order valence-electron chi connectivity index (χ4n) is 2.57.